The van der Waals surface area contributed by atoms with Crippen molar-refractivity contribution in [3.63, 3.8) is 0 Å². The number of nitrogens with two attached hydrogens (primary N) is 1. The van der Waals surface area contributed by atoms with E-state index in [9.17, 15) is 4.79 Å². The van der Waals surface area contributed by atoms with Gasteiger partial charge in [0.15, 0.2) is 5.78 Å². The first-order chi connectivity index (χ1) is 11.4. The Balaban J connectivity index is 0.000000240. The first-order valence-electron chi connectivity index (χ1n) is 7.57. The quantitative estimate of drug-likeness (QED) is 0.512. The van der Waals surface area contributed by atoms with Gasteiger partial charge in [0.1, 0.15) is 0 Å². The van der Waals surface area contributed by atoms with Gasteiger partial charge in [0.05, 0.1) is 12.3 Å². The number of nitrogens with zero attached hydrogens (tertiary/aromatic N) is 1. The van der Waals surface area contributed by atoms with Crippen LogP contribution in [0.15, 0.2) is 51.4 Å². The van der Waals surface area contributed by atoms with Crippen LogP contribution in [0.4, 0.5) is 11.4 Å². The minimum atomic E-state index is 0.0244. The second-order valence-electron chi connectivity index (χ2n) is 5.05. The van der Waals surface area contributed by atoms with Crippen LogP contribution in [0, 0.1) is 0 Å². The van der Waals surface area contributed by atoms with E-state index in [1.807, 2.05) is 18.2 Å². The lowest BCUT2D eigenvalue weighted by molar-refractivity contribution is 0.101. The van der Waals surface area contributed by atoms with Crippen molar-refractivity contribution in [2.45, 2.75) is 13.8 Å². The van der Waals surface area contributed by atoms with Gasteiger partial charge in [-0.3, -0.25) is 4.79 Å². The second-order valence-corrected chi connectivity index (χ2v) is 6.76. The maximum absolute atomic E-state index is 11.0. The number of ketones is 1. The van der Waals surface area contributed by atoms with E-state index in [2.05, 4.69) is 55.8 Å². The zero-order valence-corrected chi connectivity index (χ0v) is 17.0. The fourth-order valence-electron chi connectivity index (χ4n) is 2.02. The first kappa shape index (κ1) is 20.7. The van der Waals surface area contributed by atoms with E-state index in [-0.39, 0.29) is 12.4 Å². The highest BCUT2D eigenvalue weighted by Gasteiger charge is 2.06. The second kappa shape index (κ2) is 10.5. The summed E-state index contributed by atoms with van der Waals surface area (Å²) in [4.78, 5) is 13.1. The van der Waals surface area contributed by atoms with E-state index < -0.39 is 0 Å². The summed E-state index contributed by atoms with van der Waals surface area (Å²) >= 11 is 6.52. The van der Waals surface area contributed by atoms with Crippen molar-refractivity contribution in [2.24, 2.45) is 0 Å². The Morgan fingerprint density at radius 2 is 1.71 bits per heavy atom. The molecule has 0 aliphatic heterocycles. The number of hydrogen-bond acceptors (Lipinski definition) is 4. The number of aliphatic hydroxyl groups is 1. The average Bonchev–Trinajstić information content (AvgIpc) is 2.58. The summed E-state index contributed by atoms with van der Waals surface area (Å²) in [6.45, 7) is 5.46. The molecule has 0 aliphatic carbocycles. The molecular weight excluding hydrogens is 436 g/mol. The number of hydrogen-bond donors (Lipinski definition) is 2. The summed E-state index contributed by atoms with van der Waals surface area (Å²) in [5, 5.41) is 8.79. The largest absolute Gasteiger partial charge is 0.397 e. The Hall–Kier alpha value is -1.37. The van der Waals surface area contributed by atoms with Crippen molar-refractivity contribution in [3.05, 3.63) is 57.0 Å². The van der Waals surface area contributed by atoms with E-state index >= 15 is 0 Å². The average molecular weight is 458 g/mol. The van der Waals surface area contributed by atoms with Gasteiger partial charge < -0.3 is 15.7 Å². The van der Waals surface area contributed by atoms with Crippen molar-refractivity contribution in [2.75, 3.05) is 30.3 Å². The van der Waals surface area contributed by atoms with Crippen molar-refractivity contribution < 1.29 is 9.90 Å². The normalized spacial score (nSPS) is 9.88. The fraction of sp³-hybridized carbons (Fsp3) is 0.278. The van der Waals surface area contributed by atoms with Gasteiger partial charge in [0.25, 0.3) is 0 Å². The molecular formula is C18H22Br2N2O2. The number of carbonyl (C=O) groups excluding carboxylic acids is 1. The van der Waals surface area contributed by atoms with Crippen LogP contribution in [0.1, 0.15) is 24.2 Å². The summed E-state index contributed by atoms with van der Waals surface area (Å²) in [6, 6.07) is 13.5. The highest BCUT2D eigenvalue weighted by atomic mass is 79.9. The number of likely N-dealkylation sites (N-methyl/N-ethyl adjacent to an activating group) is 1. The molecule has 0 amide bonds. The molecule has 0 aliphatic rings. The Labute approximate surface area is 159 Å². The zero-order chi connectivity index (χ0) is 18.1. The highest BCUT2D eigenvalue weighted by Crippen LogP contribution is 2.29. The van der Waals surface area contributed by atoms with Gasteiger partial charge in [0.2, 0.25) is 0 Å². The Morgan fingerprint density at radius 3 is 2.12 bits per heavy atom. The van der Waals surface area contributed by atoms with Crippen molar-refractivity contribution in [3.8, 4) is 0 Å². The van der Waals surface area contributed by atoms with Crippen LogP contribution in [0.3, 0.4) is 0 Å². The van der Waals surface area contributed by atoms with Gasteiger partial charge in [-0.2, -0.15) is 0 Å². The fourth-order valence-corrected chi connectivity index (χ4v) is 3.20. The number of anilines is 2. The van der Waals surface area contributed by atoms with E-state index in [1.54, 1.807) is 12.1 Å². The lowest BCUT2D eigenvalue weighted by atomic mass is 10.1. The Morgan fingerprint density at radius 1 is 1.17 bits per heavy atom. The van der Waals surface area contributed by atoms with Crippen LogP contribution in [-0.2, 0) is 0 Å². The van der Waals surface area contributed by atoms with E-state index in [1.165, 1.54) is 12.6 Å². The maximum atomic E-state index is 11.0. The number of nitrogen functional groups attached to an aromatic ring is 1. The summed E-state index contributed by atoms with van der Waals surface area (Å²) in [5.74, 6) is 0.0244. The van der Waals surface area contributed by atoms with Gasteiger partial charge >= 0.3 is 0 Å². The minimum absolute atomic E-state index is 0.0244. The SMILES string of the molecule is CC(=O)c1cc(Br)c(N)c(Br)c1.CCN(CCO)c1ccccc1. The van der Waals surface area contributed by atoms with Gasteiger partial charge in [-0.25, -0.2) is 0 Å². The molecule has 0 fully saturated rings. The van der Waals surface area contributed by atoms with Crippen LogP contribution in [0.2, 0.25) is 0 Å². The third-order valence-electron chi connectivity index (χ3n) is 3.36. The molecule has 0 saturated heterocycles. The molecule has 0 saturated carbocycles. The van der Waals surface area contributed by atoms with Crippen molar-refractivity contribution >= 4 is 49.0 Å². The van der Waals surface area contributed by atoms with Gasteiger partial charge in [0, 0.05) is 33.3 Å². The standard InChI is InChI=1S/C10H15NO.C8H7Br2NO/c1-2-11(8-9-12)10-6-4-3-5-7-10;1-4(12)5-2-6(9)8(11)7(10)3-5/h3-7,12H,2,8-9H2,1H3;2-3H,11H2,1H3. The topological polar surface area (TPSA) is 66.6 Å². The molecule has 24 heavy (non-hydrogen) atoms. The molecule has 6 heteroatoms. The number of benzene rings is 2. The molecule has 0 radical (unpaired) electrons. The van der Waals surface area contributed by atoms with Crippen LogP contribution < -0.4 is 10.6 Å². The van der Waals surface area contributed by atoms with Crippen LogP contribution in [0.5, 0.6) is 0 Å². The first-order valence-corrected chi connectivity index (χ1v) is 9.15. The van der Waals surface area contributed by atoms with Crippen molar-refractivity contribution in [1.29, 1.82) is 0 Å². The summed E-state index contributed by atoms with van der Waals surface area (Å²) in [7, 11) is 0. The zero-order valence-electron chi connectivity index (χ0n) is 13.8. The molecule has 0 aromatic heterocycles. The molecule has 0 heterocycles. The summed E-state index contributed by atoms with van der Waals surface area (Å²) < 4.78 is 1.48. The third kappa shape index (κ3) is 6.26. The predicted octanol–water partition coefficient (Wildman–Crippen LogP) is 4.50. The van der Waals surface area contributed by atoms with E-state index in [0.717, 1.165) is 15.5 Å². The number of Topliss-reactive ketones (excluding diaryl/α,β-unsaturated/α-hetero) is 1. The Kier molecular flexibility index (Phi) is 9.03. The van der Waals surface area contributed by atoms with Gasteiger partial charge in [-0.1, -0.05) is 18.2 Å². The van der Waals surface area contributed by atoms with E-state index in [0.29, 0.717) is 17.8 Å². The molecule has 3 N–H and O–H groups in total. The monoisotopic (exact) mass is 456 g/mol. The summed E-state index contributed by atoms with van der Waals surface area (Å²) in [5.41, 5.74) is 8.07. The van der Waals surface area contributed by atoms with Crippen LogP contribution >= 0.6 is 31.9 Å². The highest BCUT2D eigenvalue weighted by molar-refractivity contribution is 9.11. The lowest BCUT2D eigenvalue weighted by Gasteiger charge is -2.21. The third-order valence-corrected chi connectivity index (χ3v) is 4.67. The summed E-state index contributed by atoms with van der Waals surface area (Å²) in [6.07, 6.45) is 0. The number of rotatable bonds is 5. The van der Waals surface area contributed by atoms with Gasteiger partial charge in [-0.05, 0) is 70.0 Å². The van der Waals surface area contributed by atoms with Crippen molar-refractivity contribution in [1.82, 2.24) is 0 Å². The molecule has 0 atom stereocenters. The predicted molar refractivity (Wildman–Crippen MR) is 108 cm³/mol. The van der Waals surface area contributed by atoms with E-state index in [4.69, 9.17) is 10.8 Å². The molecule has 130 valence electrons. The molecule has 0 bridgehead atoms. The van der Waals surface area contributed by atoms with Crippen LogP contribution in [-0.4, -0.2) is 30.6 Å². The minimum Gasteiger partial charge on any atom is -0.397 e. The molecule has 2 rings (SSSR count). The molecule has 0 spiro atoms. The maximum Gasteiger partial charge on any atom is 0.159 e. The number of para-hydroxylation sites is 1. The number of halogens is 2. The van der Waals surface area contributed by atoms with Crippen LogP contribution in [0.25, 0.3) is 0 Å². The molecule has 0 unspecified atom stereocenters. The lowest BCUT2D eigenvalue weighted by Crippen LogP contribution is -2.25. The van der Waals surface area contributed by atoms with Gasteiger partial charge in [-0.15, -0.1) is 0 Å². The molecule has 2 aromatic rings. The number of aliphatic hydroxyl groups excluding tert-OH is 1. The number of carbonyl (C=O) groups is 1. The Bertz CT molecular complexity index is 640. The smallest absolute Gasteiger partial charge is 0.159 e. The molecule has 2 aromatic carbocycles. The molecule has 4 nitrogen and oxygen atoms in total.